The Kier molecular flexibility index (Phi) is 12.4. The molecule has 10 heteroatoms. The number of aromatic nitrogens is 4. The SMILES string of the molecule is C/C(=N\O)c1ccc(Br)cc1.C/C(=N\O)c1ccc(Br)cc1.Cc1nc2ccccc2n1Cc1ccc(Cn2c(C)nc3ccccc32)cc1. The summed E-state index contributed by atoms with van der Waals surface area (Å²) in [6, 6.07) is 40.7. The summed E-state index contributed by atoms with van der Waals surface area (Å²) in [6.07, 6.45) is 0. The molecule has 2 N–H and O–H groups in total. The van der Waals surface area contributed by atoms with Crippen LogP contribution in [0.15, 0.2) is 141 Å². The molecule has 0 aliphatic rings. The highest BCUT2D eigenvalue weighted by molar-refractivity contribution is 9.10. The Morgan fingerprint density at radius 2 is 0.880 bits per heavy atom. The Morgan fingerprint density at radius 1 is 0.540 bits per heavy atom. The van der Waals surface area contributed by atoms with E-state index in [9.17, 15) is 0 Å². The molecule has 0 unspecified atom stereocenters. The van der Waals surface area contributed by atoms with Gasteiger partial charge in [-0.15, -0.1) is 0 Å². The molecule has 2 heterocycles. The number of hydrogen-bond donors (Lipinski definition) is 2. The van der Waals surface area contributed by atoms with Crippen LogP contribution in [0, 0.1) is 13.8 Å². The van der Waals surface area contributed by atoms with Gasteiger partial charge in [0.2, 0.25) is 0 Å². The minimum Gasteiger partial charge on any atom is -0.411 e. The van der Waals surface area contributed by atoms with Crippen molar-refractivity contribution >= 4 is 65.4 Å². The molecule has 7 rings (SSSR count). The number of nitrogens with zero attached hydrogens (tertiary/aromatic N) is 6. The lowest BCUT2D eigenvalue weighted by molar-refractivity contribution is 0.319. The molecule has 0 saturated heterocycles. The van der Waals surface area contributed by atoms with E-state index in [0.717, 1.165) is 55.8 Å². The van der Waals surface area contributed by atoms with Crippen LogP contribution in [0.25, 0.3) is 22.1 Å². The smallest absolute Gasteiger partial charge is 0.107 e. The number of aryl methyl sites for hydroxylation is 2. The van der Waals surface area contributed by atoms with Crippen LogP contribution in [-0.4, -0.2) is 40.9 Å². The van der Waals surface area contributed by atoms with Crippen molar-refractivity contribution in [3.05, 3.63) is 164 Å². The van der Waals surface area contributed by atoms with Crippen LogP contribution in [0.5, 0.6) is 0 Å². The summed E-state index contributed by atoms with van der Waals surface area (Å²) >= 11 is 6.63. The first kappa shape index (κ1) is 36.2. The fourth-order valence-corrected chi connectivity index (χ4v) is 5.93. The van der Waals surface area contributed by atoms with Crippen LogP contribution < -0.4 is 0 Å². The lowest BCUT2D eigenvalue weighted by Gasteiger charge is -2.10. The van der Waals surface area contributed by atoms with Crippen molar-refractivity contribution in [2.75, 3.05) is 0 Å². The van der Waals surface area contributed by atoms with Gasteiger partial charge in [0.1, 0.15) is 11.6 Å². The molecule has 254 valence electrons. The van der Waals surface area contributed by atoms with Gasteiger partial charge < -0.3 is 19.5 Å². The molecule has 0 fully saturated rings. The number of benzene rings is 5. The highest BCUT2D eigenvalue weighted by Gasteiger charge is 2.09. The number of fused-ring (bicyclic) bond motifs is 2. The molecule has 2 aromatic heterocycles. The van der Waals surface area contributed by atoms with E-state index in [4.69, 9.17) is 10.4 Å². The average Bonchev–Trinajstić information content (AvgIpc) is 3.63. The molecule has 50 heavy (non-hydrogen) atoms. The van der Waals surface area contributed by atoms with Gasteiger partial charge in [-0.05, 0) is 98.5 Å². The first-order valence-electron chi connectivity index (χ1n) is 16.0. The Labute approximate surface area is 308 Å². The van der Waals surface area contributed by atoms with Crippen molar-refractivity contribution in [1.82, 2.24) is 19.1 Å². The van der Waals surface area contributed by atoms with Gasteiger partial charge in [-0.25, -0.2) is 9.97 Å². The van der Waals surface area contributed by atoms with Crippen LogP contribution >= 0.6 is 31.9 Å². The molecule has 0 saturated carbocycles. The summed E-state index contributed by atoms with van der Waals surface area (Å²) in [5.41, 5.74) is 10.1. The number of para-hydroxylation sites is 4. The number of imidazole rings is 2. The van der Waals surface area contributed by atoms with Crippen molar-refractivity contribution in [3.63, 3.8) is 0 Å². The third-order valence-corrected chi connectivity index (χ3v) is 9.28. The molecule has 0 atom stereocenters. The van der Waals surface area contributed by atoms with Gasteiger partial charge in [-0.1, -0.05) is 115 Å². The maximum atomic E-state index is 8.43. The van der Waals surface area contributed by atoms with Crippen molar-refractivity contribution < 1.29 is 10.4 Å². The molecule has 0 aliphatic heterocycles. The highest BCUT2D eigenvalue weighted by atomic mass is 79.9. The monoisotopic (exact) mass is 792 g/mol. The summed E-state index contributed by atoms with van der Waals surface area (Å²) in [6.45, 7) is 9.31. The van der Waals surface area contributed by atoms with Crippen molar-refractivity contribution in [2.45, 2.75) is 40.8 Å². The predicted octanol–water partition coefficient (Wildman–Crippen LogP) is 10.4. The topological polar surface area (TPSA) is 101 Å². The number of hydrogen-bond acceptors (Lipinski definition) is 6. The largest absolute Gasteiger partial charge is 0.411 e. The summed E-state index contributed by atoms with van der Waals surface area (Å²) in [5, 5.41) is 23.0. The average molecular weight is 795 g/mol. The van der Waals surface area contributed by atoms with Crippen LogP contribution in [0.3, 0.4) is 0 Å². The van der Waals surface area contributed by atoms with Gasteiger partial charge in [-0.2, -0.15) is 0 Å². The minimum absolute atomic E-state index is 0.623. The molecule has 7 aromatic rings. The second kappa shape index (κ2) is 17.0. The Morgan fingerprint density at radius 3 is 1.22 bits per heavy atom. The summed E-state index contributed by atoms with van der Waals surface area (Å²) < 4.78 is 6.59. The van der Waals surface area contributed by atoms with E-state index in [1.165, 1.54) is 22.2 Å². The van der Waals surface area contributed by atoms with Gasteiger partial charge >= 0.3 is 0 Å². The lowest BCUT2D eigenvalue weighted by Crippen LogP contribution is -2.04. The molecule has 0 aliphatic carbocycles. The second-order valence-corrected chi connectivity index (χ2v) is 13.5. The maximum Gasteiger partial charge on any atom is 0.107 e. The van der Waals surface area contributed by atoms with Gasteiger partial charge in [0, 0.05) is 22.0 Å². The van der Waals surface area contributed by atoms with E-state index in [0.29, 0.717) is 11.4 Å². The quantitative estimate of drug-likeness (QED) is 0.0995. The van der Waals surface area contributed by atoms with Crippen LogP contribution in [0.2, 0.25) is 0 Å². The molecule has 0 spiro atoms. The Hall–Kier alpha value is -5.06. The molecule has 0 radical (unpaired) electrons. The van der Waals surface area contributed by atoms with E-state index >= 15 is 0 Å². The maximum absolute atomic E-state index is 8.43. The fourth-order valence-electron chi connectivity index (χ4n) is 5.40. The Balaban J connectivity index is 0.000000182. The first-order chi connectivity index (χ1) is 24.2. The van der Waals surface area contributed by atoms with Crippen LogP contribution in [0.1, 0.15) is 47.8 Å². The molecule has 0 amide bonds. The third-order valence-electron chi connectivity index (χ3n) is 8.22. The molecular formula is C40H38Br2N6O2. The lowest BCUT2D eigenvalue weighted by atomic mass is 10.1. The number of oxime groups is 2. The van der Waals surface area contributed by atoms with E-state index in [1.807, 2.05) is 60.7 Å². The summed E-state index contributed by atoms with van der Waals surface area (Å²) in [7, 11) is 0. The third kappa shape index (κ3) is 9.13. The standard InChI is InChI=1S/C24H22N4.2C8H8BrNO/c1-17-25-21-7-3-5-9-23(21)27(17)15-19-11-13-20(14-12-19)16-28-18(2)26-22-8-4-6-10-24(22)28;2*1-6(10-11)7-2-4-8(9)5-3-7/h3-14H,15-16H2,1-2H3;2*2-5,11H,1H3/b;2*10-6+. The van der Waals surface area contributed by atoms with Crippen LogP contribution in [-0.2, 0) is 13.1 Å². The van der Waals surface area contributed by atoms with Gasteiger partial charge in [0.15, 0.2) is 0 Å². The molecule has 5 aromatic carbocycles. The van der Waals surface area contributed by atoms with Gasteiger partial charge in [0.25, 0.3) is 0 Å². The fraction of sp³-hybridized carbons (Fsp3) is 0.150. The molecule has 0 bridgehead atoms. The minimum atomic E-state index is 0.623. The Bertz CT molecular complexity index is 2080. The molecule has 8 nitrogen and oxygen atoms in total. The van der Waals surface area contributed by atoms with E-state index in [-0.39, 0.29) is 0 Å². The second-order valence-electron chi connectivity index (χ2n) is 11.7. The number of halogens is 2. The van der Waals surface area contributed by atoms with Crippen molar-refractivity contribution in [3.8, 4) is 0 Å². The van der Waals surface area contributed by atoms with Crippen molar-refractivity contribution in [2.24, 2.45) is 10.3 Å². The van der Waals surface area contributed by atoms with Crippen molar-refractivity contribution in [1.29, 1.82) is 0 Å². The zero-order valence-corrected chi connectivity index (χ0v) is 31.5. The van der Waals surface area contributed by atoms with E-state index in [2.05, 4.69) is 136 Å². The summed E-state index contributed by atoms with van der Waals surface area (Å²) in [4.78, 5) is 9.34. The first-order valence-corrected chi connectivity index (χ1v) is 17.6. The van der Waals surface area contributed by atoms with Crippen LogP contribution in [0.4, 0.5) is 0 Å². The highest BCUT2D eigenvalue weighted by Crippen LogP contribution is 2.20. The summed E-state index contributed by atoms with van der Waals surface area (Å²) in [5.74, 6) is 2.09. The predicted molar refractivity (Wildman–Crippen MR) is 210 cm³/mol. The normalized spacial score (nSPS) is 11.6. The van der Waals surface area contributed by atoms with Gasteiger partial charge in [0.05, 0.1) is 33.5 Å². The van der Waals surface area contributed by atoms with Gasteiger partial charge in [-0.3, -0.25) is 0 Å². The van der Waals surface area contributed by atoms with E-state index < -0.39 is 0 Å². The zero-order chi connectivity index (χ0) is 35.6. The molecular weight excluding hydrogens is 756 g/mol. The van der Waals surface area contributed by atoms with E-state index in [1.54, 1.807) is 13.8 Å². The number of rotatable bonds is 6. The zero-order valence-electron chi connectivity index (χ0n) is 28.3.